The van der Waals surface area contributed by atoms with Crippen LogP contribution in [0.3, 0.4) is 0 Å². The zero-order valence-corrected chi connectivity index (χ0v) is 11.9. The van der Waals surface area contributed by atoms with E-state index in [2.05, 4.69) is 10.0 Å². The first-order chi connectivity index (χ1) is 9.13. The molecule has 0 unspecified atom stereocenters. The minimum Gasteiger partial charge on any atom is -0.384 e. The van der Waals surface area contributed by atoms with Crippen LogP contribution in [0, 0.1) is 0 Å². The molecule has 1 aliphatic carbocycles. The summed E-state index contributed by atoms with van der Waals surface area (Å²) in [6.45, 7) is 2.69. The Morgan fingerprint density at radius 3 is 2.74 bits per heavy atom. The SMILES string of the molecule is C/C=C/CCNc1ccccc1S(=O)(=O)NC1CC1. The zero-order valence-electron chi connectivity index (χ0n) is 11.1. The lowest BCUT2D eigenvalue weighted by atomic mass is 10.3. The second-order valence-electron chi connectivity index (χ2n) is 4.68. The van der Waals surface area contributed by atoms with Crippen molar-refractivity contribution in [2.24, 2.45) is 0 Å². The zero-order chi connectivity index (χ0) is 13.7. The topological polar surface area (TPSA) is 58.2 Å². The summed E-state index contributed by atoms with van der Waals surface area (Å²) in [6, 6.07) is 7.16. The molecule has 1 saturated carbocycles. The Balaban J connectivity index is 2.10. The fourth-order valence-electron chi connectivity index (χ4n) is 1.79. The summed E-state index contributed by atoms with van der Waals surface area (Å²) in [5, 5.41) is 3.18. The van der Waals surface area contributed by atoms with Gasteiger partial charge in [0.2, 0.25) is 10.0 Å². The number of hydrogen-bond acceptors (Lipinski definition) is 3. The molecule has 0 amide bonds. The van der Waals surface area contributed by atoms with Crippen LogP contribution in [0.5, 0.6) is 0 Å². The Hall–Kier alpha value is -1.33. The van der Waals surface area contributed by atoms with Gasteiger partial charge in [0.05, 0.1) is 5.69 Å². The van der Waals surface area contributed by atoms with E-state index < -0.39 is 10.0 Å². The van der Waals surface area contributed by atoms with Crippen LogP contribution in [0.2, 0.25) is 0 Å². The van der Waals surface area contributed by atoms with Gasteiger partial charge in [0, 0.05) is 12.6 Å². The molecule has 0 atom stereocenters. The largest absolute Gasteiger partial charge is 0.384 e. The molecule has 4 nitrogen and oxygen atoms in total. The molecule has 0 aromatic heterocycles. The molecular formula is C14H20N2O2S. The minimum absolute atomic E-state index is 0.126. The molecule has 1 aromatic rings. The maximum atomic E-state index is 12.2. The van der Waals surface area contributed by atoms with Crippen LogP contribution < -0.4 is 10.0 Å². The molecule has 104 valence electrons. The highest BCUT2D eigenvalue weighted by atomic mass is 32.2. The first-order valence-electron chi connectivity index (χ1n) is 6.60. The van der Waals surface area contributed by atoms with Crippen molar-refractivity contribution in [2.45, 2.75) is 37.1 Å². The van der Waals surface area contributed by atoms with Crippen LogP contribution in [0.15, 0.2) is 41.3 Å². The van der Waals surface area contributed by atoms with Crippen LogP contribution in [-0.4, -0.2) is 21.0 Å². The molecule has 0 aliphatic heterocycles. The predicted octanol–water partition coefficient (Wildman–Crippen LogP) is 2.51. The van der Waals surface area contributed by atoms with Crippen LogP contribution >= 0.6 is 0 Å². The van der Waals surface area contributed by atoms with Crippen LogP contribution in [-0.2, 0) is 10.0 Å². The van der Waals surface area contributed by atoms with E-state index in [4.69, 9.17) is 0 Å². The van der Waals surface area contributed by atoms with Gasteiger partial charge in [-0.15, -0.1) is 0 Å². The number of hydrogen-bond donors (Lipinski definition) is 2. The van der Waals surface area contributed by atoms with Gasteiger partial charge in [-0.1, -0.05) is 24.3 Å². The Labute approximate surface area is 115 Å². The Bertz CT molecular complexity index is 548. The van der Waals surface area contributed by atoms with Crippen LogP contribution in [0.4, 0.5) is 5.69 Å². The maximum Gasteiger partial charge on any atom is 0.242 e. The number of nitrogens with one attached hydrogen (secondary N) is 2. The number of allylic oxidation sites excluding steroid dienone is 1. The van der Waals surface area contributed by atoms with E-state index in [0.717, 1.165) is 25.8 Å². The van der Waals surface area contributed by atoms with E-state index in [1.807, 2.05) is 25.1 Å². The highest BCUT2D eigenvalue weighted by Gasteiger charge is 2.29. The van der Waals surface area contributed by atoms with Crippen molar-refractivity contribution in [3.8, 4) is 0 Å². The van der Waals surface area contributed by atoms with Gasteiger partial charge >= 0.3 is 0 Å². The molecule has 1 aromatic carbocycles. The number of sulfonamides is 1. The van der Waals surface area contributed by atoms with Crippen LogP contribution in [0.25, 0.3) is 0 Å². The van der Waals surface area contributed by atoms with E-state index in [1.165, 1.54) is 0 Å². The van der Waals surface area contributed by atoms with Crippen molar-refractivity contribution in [3.63, 3.8) is 0 Å². The summed E-state index contributed by atoms with van der Waals surface area (Å²) in [5.74, 6) is 0. The minimum atomic E-state index is -3.40. The predicted molar refractivity (Wildman–Crippen MR) is 77.7 cm³/mol. The fourth-order valence-corrected chi connectivity index (χ4v) is 3.28. The second kappa shape index (κ2) is 6.21. The molecule has 0 saturated heterocycles. The maximum absolute atomic E-state index is 12.2. The molecule has 0 heterocycles. The number of rotatable bonds is 7. The highest BCUT2D eigenvalue weighted by Crippen LogP contribution is 2.25. The van der Waals surface area contributed by atoms with Crippen molar-refractivity contribution in [1.82, 2.24) is 4.72 Å². The number of benzene rings is 1. The first-order valence-corrected chi connectivity index (χ1v) is 8.08. The molecule has 0 bridgehead atoms. The molecule has 1 aliphatic rings. The van der Waals surface area contributed by atoms with Gasteiger partial charge in [-0.3, -0.25) is 0 Å². The summed E-state index contributed by atoms with van der Waals surface area (Å²) >= 11 is 0. The summed E-state index contributed by atoms with van der Waals surface area (Å²) in [5.41, 5.74) is 0.667. The van der Waals surface area contributed by atoms with E-state index in [9.17, 15) is 8.42 Å². The van der Waals surface area contributed by atoms with E-state index in [0.29, 0.717) is 10.6 Å². The average Bonchev–Trinajstić information content (AvgIpc) is 3.18. The Morgan fingerprint density at radius 2 is 2.05 bits per heavy atom. The van der Waals surface area contributed by atoms with Crippen LogP contribution in [0.1, 0.15) is 26.2 Å². The van der Waals surface area contributed by atoms with Gasteiger partial charge in [-0.25, -0.2) is 13.1 Å². The fraction of sp³-hybridized carbons (Fsp3) is 0.429. The third-order valence-corrected chi connectivity index (χ3v) is 4.52. The van der Waals surface area contributed by atoms with E-state index >= 15 is 0 Å². The summed E-state index contributed by atoms with van der Waals surface area (Å²) in [4.78, 5) is 0.336. The van der Waals surface area contributed by atoms with Crippen molar-refractivity contribution in [2.75, 3.05) is 11.9 Å². The van der Waals surface area contributed by atoms with E-state index in [-0.39, 0.29) is 6.04 Å². The quantitative estimate of drug-likeness (QED) is 0.596. The van der Waals surface area contributed by atoms with Crippen molar-refractivity contribution in [3.05, 3.63) is 36.4 Å². The molecule has 2 rings (SSSR count). The average molecular weight is 280 g/mol. The second-order valence-corrected chi connectivity index (χ2v) is 6.36. The molecule has 1 fully saturated rings. The summed E-state index contributed by atoms with van der Waals surface area (Å²) in [7, 11) is -3.40. The molecule has 0 radical (unpaired) electrons. The summed E-state index contributed by atoms with van der Waals surface area (Å²) in [6.07, 6.45) is 6.79. The van der Waals surface area contributed by atoms with Gasteiger partial charge in [-0.05, 0) is 38.3 Å². The lowest BCUT2D eigenvalue weighted by molar-refractivity contribution is 0.581. The molecule has 5 heteroatoms. The van der Waals surface area contributed by atoms with Gasteiger partial charge in [0.25, 0.3) is 0 Å². The van der Waals surface area contributed by atoms with Crippen molar-refractivity contribution in [1.29, 1.82) is 0 Å². The van der Waals surface area contributed by atoms with Gasteiger partial charge in [-0.2, -0.15) is 0 Å². The Kier molecular flexibility index (Phi) is 4.61. The van der Waals surface area contributed by atoms with Gasteiger partial charge < -0.3 is 5.32 Å². The highest BCUT2D eigenvalue weighted by molar-refractivity contribution is 7.89. The number of anilines is 1. The van der Waals surface area contributed by atoms with Crippen molar-refractivity contribution < 1.29 is 8.42 Å². The molecule has 2 N–H and O–H groups in total. The first kappa shape index (κ1) is 14.1. The Morgan fingerprint density at radius 1 is 1.32 bits per heavy atom. The normalized spacial score (nSPS) is 15.8. The van der Waals surface area contributed by atoms with E-state index in [1.54, 1.807) is 18.2 Å². The monoisotopic (exact) mass is 280 g/mol. The van der Waals surface area contributed by atoms with Gasteiger partial charge in [0.1, 0.15) is 4.90 Å². The molecular weight excluding hydrogens is 260 g/mol. The molecule has 0 spiro atoms. The standard InChI is InChI=1S/C14H20N2O2S/c1-2-3-6-11-15-13-7-4-5-8-14(13)19(17,18)16-12-9-10-12/h2-5,7-8,12,15-16H,6,9-11H2,1H3/b3-2+. The summed E-state index contributed by atoms with van der Waals surface area (Å²) < 4.78 is 27.2. The number of para-hydroxylation sites is 1. The van der Waals surface area contributed by atoms with Crippen molar-refractivity contribution >= 4 is 15.7 Å². The smallest absolute Gasteiger partial charge is 0.242 e. The lowest BCUT2D eigenvalue weighted by Crippen LogP contribution is -2.26. The van der Waals surface area contributed by atoms with Gasteiger partial charge in [0.15, 0.2) is 0 Å². The lowest BCUT2D eigenvalue weighted by Gasteiger charge is -2.12. The molecule has 19 heavy (non-hydrogen) atoms. The third-order valence-electron chi connectivity index (χ3n) is 2.94. The third kappa shape index (κ3) is 4.08.